The van der Waals surface area contributed by atoms with Crippen LogP contribution in [-0.2, 0) is 19.4 Å². The fourth-order valence-corrected chi connectivity index (χ4v) is 1.97. The second-order valence-corrected chi connectivity index (χ2v) is 3.94. The predicted molar refractivity (Wildman–Crippen MR) is 66.0 cm³/mol. The summed E-state index contributed by atoms with van der Waals surface area (Å²) in [6.07, 6.45) is 2.38. The molecule has 0 fully saturated rings. The van der Waals surface area contributed by atoms with Gasteiger partial charge in [0.05, 0.1) is 0 Å². The molecule has 0 amide bonds. The predicted octanol–water partition coefficient (Wildman–Crippen LogP) is 1.81. The number of hydrogen-bond donors (Lipinski definition) is 1. The van der Waals surface area contributed by atoms with E-state index < -0.39 is 0 Å². The van der Waals surface area contributed by atoms with Gasteiger partial charge in [0.1, 0.15) is 0 Å². The largest absolute Gasteiger partial charge is 0.333 e. The van der Waals surface area contributed by atoms with E-state index >= 15 is 0 Å². The van der Waals surface area contributed by atoms with Gasteiger partial charge in [0.15, 0.2) is 0 Å². The number of rotatable bonds is 1. The highest BCUT2D eigenvalue weighted by atomic mass is 15.1. The van der Waals surface area contributed by atoms with E-state index in [4.69, 9.17) is 0 Å². The zero-order valence-corrected chi connectivity index (χ0v) is 10.1. The van der Waals surface area contributed by atoms with Crippen LogP contribution >= 0.6 is 0 Å². The number of likely N-dealkylation sites (N-methyl/N-ethyl adjacent to an activating group) is 1. The van der Waals surface area contributed by atoms with Crippen molar-refractivity contribution < 1.29 is 0 Å². The summed E-state index contributed by atoms with van der Waals surface area (Å²) in [5.74, 6) is 0. The van der Waals surface area contributed by atoms with Gasteiger partial charge in [-0.15, -0.1) is 0 Å². The molecule has 1 aliphatic rings. The van der Waals surface area contributed by atoms with Crippen LogP contribution in [-0.4, -0.2) is 25.5 Å². The summed E-state index contributed by atoms with van der Waals surface area (Å²) in [5.41, 5.74) is 9.06. The van der Waals surface area contributed by atoms with Gasteiger partial charge >= 0.3 is 0 Å². The molecule has 2 N–H and O–H groups in total. The molecule has 1 heterocycles. The van der Waals surface area contributed by atoms with Gasteiger partial charge in [0.2, 0.25) is 0 Å². The standard InChI is InChI=1S/C12H17N.CH5N/c1-3-10-4-5-12-9-13(2)7-6-11(12)8-10;1-2/h4-5,8H,3,6-7,9H2,1-2H3;2H2,1H3. The van der Waals surface area contributed by atoms with Crippen LogP contribution in [0.3, 0.4) is 0 Å². The van der Waals surface area contributed by atoms with Crippen LogP contribution < -0.4 is 5.73 Å². The van der Waals surface area contributed by atoms with E-state index in [2.05, 4.69) is 42.8 Å². The average Bonchev–Trinajstić information content (AvgIpc) is 2.31. The second-order valence-electron chi connectivity index (χ2n) is 3.94. The van der Waals surface area contributed by atoms with Gasteiger partial charge in [-0.05, 0) is 43.6 Å². The van der Waals surface area contributed by atoms with Gasteiger partial charge in [0.25, 0.3) is 0 Å². The zero-order valence-electron chi connectivity index (χ0n) is 10.1. The molecule has 0 saturated carbocycles. The first-order valence-corrected chi connectivity index (χ1v) is 5.66. The first-order valence-electron chi connectivity index (χ1n) is 5.66. The molecule has 0 unspecified atom stereocenters. The number of hydrogen-bond acceptors (Lipinski definition) is 2. The van der Waals surface area contributed by atoms with Crippen molar-refractivity contribution in [2.45, 2.75) is 26.3 Å². The lowest BCUT2D eigenvalue weighted by atomic mass is 9.97. The highest BCUT2D eigenvalue weighted by molar-refractivity contribution is 5.33. The zero-order chi connectivity index (χ0) is 11.3. The van der Waals surface area contributed by atoms with Crippen LogP contribution in [0.1, 0.15) is 23.6 Å². The highest BCUT2D eigenvalue weighted by Gasteiger charge is 2.12. The van der Waals surface area contributed by atoms with E-state index in [1.807, 2.05) is 0 Å². The van der Waals surface area contributed by atoms with Crippen LogP contribution in [0.2, 0.25) is 0 Å². The van der Waals surface area contributed by atoms with Crippen molar-refractivity contribution in [2.24, 2.45) is 5.73 Å². The van der Waals surface area contributed by atoms with Gasteiger partial charge in [-0.2, -0.15) is 0 Å². The third kappa shape index (κ3) is 3.05. The van der Waals surface area contributed by atoms with E-state index in [0.29, 0.717) is 0 Å². The molecule has 0 saturated heterocycles. The summed E-state index contributed by atoms with van der Waals surface area (Å²) in [6, 6.07) is 6.93. The maximum absolute atomic E-state index is 4.50. The van der Waals surface area contributed by atoms with Gasteiger partial charge in [0, 0.05) is 13.1 Å². The summed E-state index contributed by atoms with van der Waals surface area (Å²) in [6.45, 7) is 4.55. The normalized spacial score (nSPS) is 15.2. The first-order chi connectivity index (χ1) is 7.29. The lowest BCUT2D eigenvalue weighted by molar-refractivity contribution is 0.313. The number of aryl methyl sites for hydroxylation is 1. The van der Waals surface area contributed by atoms with E-state index in [0.717, 1.165) is 13.0 Å². The van der Waals surface area contributed by atoms with Crippen LogP contribution in [0.15, 0.2) is 18.2 Å². The number of benzene rings is 1. The third-order valence-electron chi connectivity index (χ3n) is 2.88. The van der Waals surface area contributed by atoms with Gasteiger partial charge in [-0.25, -0.2) is 0 Å². The van der Waals surface area contributed by atoms with Crippen LogP contribution in [0.25, 0.3) is 0 Å². The quantitative estimate of drug-likeness (QED) is 0.759. The SMILES string of the molecule is CCc1ccc2c(c1)CCN(C)C2.CN. The van der Waals surface area contributed by atoms with Gasteiger partial charge in [-0.1, -0.05) is 25.1 Å². The summed E-state index contributed by atoms with van der Waals surface area (Å²) < 4.78 is 0. The van der Waals surface area contributed by atoms with Crippen LogP contribution in [0, 0.1) is 0 Å². The lowest BCUT2D eigenvalue weighted by Crippen LogP contribution is -2.26. The fraction of sp³-hybridized carbons (Fsp3) is 0.538. The second kappa shape index (κ2) is 5.89. The Balaban J connectivity index is 0.000000531. The van der Waals surface area contributed by atoms with Gasteiger partial charge < -0.3 is 10.6 Å². The smallest absolute Gasteiger partial charge is 0.0233 e. The van der Waals surface area contributed by atoms with Crippen LogP contribution in [0.4, 0.5) is 0 Å². The first kappa shape index (κ1) is 12.2. The lowest BCUT2D eigenvalue weighted by Gasteiger charge is -2.25. The van der Waals surface area contributed by atoms with Crippen molar-refractivity contribution in [3.05, 3.63) is 34.9 Å². The van der Waals surface area contributed by atoms with Crippen molar-refractivity contribution >= 4 is 0 Å². The van der Waals surface area contributed by atoms with Crippen molar-refractivity contribution in [1.29, 1.82) is 0 Å². The average molecular weight is 206 g/mol. The number of nitrogens with two attached hydrogens (primary N) is 1. The number of fused-ring (bicyclic) bond motifs is 1. The minimum absolute atomic E-state index is 1.12. The number of nitrogens with zero attached hydrogens (tertiary/aromatic N) is 1. The molecule has 0 spiro atoms. The minimum Gasteiger partial charge on any atom is -0.333 e. The molecular weight excluding hydrogens is 184 g/mol. The molecule has 0 atom stereocenters. The van der Waals surface area contributed by atoms with E-state index in [-0.39, 0.29) is 0 Å². The molecule has 15 heavy (non-hydrogen) atoms. The molecule has 84 valence electrons. The Kier molecular flexibility index (Phi) is 4.79. The van der Waals surface area contributed by atoms with Crippen LogP contribution in [0.5, 0.6) is 0 Å². The summed E-state index contributed by atoms with van der Waals surface area (Å²) in [7, 11) is 3.69. The van der Waals surface area contributed by atoms with Crippen molar-refractivity contribution in [3.63, 3.8) is 0 Å². The molecule has 2 heteroatoms. The molecule has 0 radical (unpaired) electrons. The Morgan fingerprint density at radius 3 is 2.67 bits per heavy atom. The maximum atomic E-state index is 4.50. The molecule has 0 aromatic heterocycles. The molecular formula is C13H22N2. The fourth-order valence-electron chi connectivity index (χ4n) is 1.97. The van der Waals surface area contributed by atoms with Crippen molar-refractivity contribution in [1.82, 2.24) is 4.90 Å². The molecule has 2 rings (SSSR count). The molecule has 2 nitrogen and oxygen atoms in total. The van der Waals surface area contributed by atoms with Crippen molar-refractivity contribution in [3.8, 4) is 0 Å². The molecule has 0 aliphatic carbocycles. The Hall–Kier alpha value is -0.860. The Bertz CT molecular complexity index is 307. The molecule has 1 aliphatic heterocycles. The Labute approximate surface area is 93.1 Å². The monoisotopic (exact) mass is 206 g/mol. The topological polar surface area (TPSA) is 29.3 Å². The van der Waals surface area contributed by atoms with E-state index in [1.165, 1.54) is 31.1 Å². The molecule has 1 aromatic rings. The third-order valence-corrected chi connectivity index (χ3v) is 2.88. The summed E-state index contributed by atoms with van der Waals surface area (Å²) in [5, 5.41) is 0. The molecule has 0 bridgehead atoms. The minimum atomic E-state index is 1.12. The Morgan fingerprint density at radius 1 is 1.27 bits per heavy atom. The highest BCUT2D eigenvalue weighted by Crippen LogP contribution is 2.19. The molecule has 1 aromatic carbocycles. The van der Waals surface area contributed by atoms with Gasteiger partial charge in [-0.3, -0.25) is 0 Å². The van der Waals surface area contributed by atoms with Crippen molar-refractivity contribution in [2.75, 3.05) is 20.6 Å². The summed E-state index contributed by atoms with van der Waals surface area (Å²) >= 11 is 0. The summed E-state index contributed by atoms with van der Waals surface area (Å²) in [4.78, 5) is 2.38. The van der Waals surface area contributed by atoms with E-state index in [1.54, 1.807) is 5.56 Å². The Morgan fingerprint density at radius 2 is 2.00 bits per heavy atom. The maximum Gasteiger partial charge on any atom is 0.0233 e. The van der Waals surface area contributed by atoms with E-state index in [9.17, 15) is 0 Å².